The molecule has 0 unspecified atom stereocenters. The minimum absolute atomic E-state index is 0.0505. The zero-order valence-electron chi connectivity index (χ0n) is 15.5. The number of rotatable bonds is 7. The van der Waals surface area contributed by atoms with Crippen molar-refractivity contribution in [3.05, 3.63) is 77.7 Å². The molecule has 1 aliphatic heterocycles. The molecule has 0 aliphatic carbocycles. The summed E-state index contributed by atoms with van der Waals surface area (Å²) in [6, 6.07) is 18.6. The zero-order chi connectivity index (χ0) is 19.8. The fourth-order valence-corrected chi connectivity index (χ4v) is 2.62. The predicted octanol–water partition coefficient (Wildman–Crippen LogP) is 2.62. The fourth-order valence-electron chi connectivity index (χ4n) is 2.62. The molecule has 0 atom stereocenters. The largest absolute Gasteiger partial charge is 0.472 e. The molecule has 1 aliphatic rings. The van der Waals surface area contributed by atoms with Crippen molar-refractivity contribution in [2.45, 2.75) is 13.3 Å². The molecule has 28 heavy (non-hydrogen) atoms. The fraction of sp³-hybridized carbons (Fsp3) is 0.190. The van der Waals surface area contributed by atoms with Crippen LogP contribution in [0.5, 0.6) is 0 Å². The second kappa shape index (κ2) is 9.36. The second-order valence-electron chi connectivity index (χ2n) is 5.96. The van der Waals surface area contributed by atoms with E-state index in [-0.39, 0.29) is 37.0 Å². The summed E-state index contributed by atoms with van der Waals surface area (Å²) in [4.78, 5) is 24.5. The monoisotopic (exact) mass is 379 g/mol. The number of para-hydroxylation sites is 1. The van der Waals surface area contributed by atoms with Crippen molar-refractivity contribution in [3.8, 4) is 0 Å². The Morgan fingerprint density at radius 1 is 1.07 bits per heavy atom. The number of ether oxygens (including phenoxy) is 2. The topological polar surface area (TPSA) is 89.0 Å². The lowest BCUT2D eigenvalue weighted by Gasteiger charge is -2.08. The number of esters is 1. The van der Waals surface area contributed by atoms with Crippen LogP contribution < -0.4 is 10.7 Å². The highest BCUT2D eigenvalue weighted by molar-refractivity contribution is 6.22. The summed E-state index contributed by atoms with van der Waals surface area (Å²) in [6.07, 6.45) is 0.187. The molecule has 144 valence electrons. The Kier molecular flexibility index (Phi) is 6.41. The molecule has 0 saturated heterocycles. The number of nitrogens with zero attached hydrogens (tertiary/aromatic N) is 1. The Labute approximate surface area is 163 Å². The average molecular weight is 379 g/mol. The number of amides is 1. The molecule has 0 spiro atoms. The molecule has 2 aromatic carbocycles. The number of carbonyl (C=O) groups excluding carboxylic acids is 2. The van der Waals surface area contributed by atoms with E-state index >= 15 is 0 Å². The summed E-state index contributed by atoms with van der Waals surface area (Å²) < 4.78 is 10.7. The van der Waals surface area contributed by atoms with Gasteiger partial charge in [0.1, 0.15) is 17.9 Å². The SMILES string of the molecule is CCOC(=O)C1=C(Nc2ccccc2)OC/C1=N/NC(=O)Cc1ccccc1. The van der Waals surface area contributed by atoms with Crippen LogP contribution in [0.3, 0.4) is 0 Å². The van der Waals surface area contributed by atoms with E-state index in [4.69, 9.17) is 9.47 Å². The molecule has 7 nitrogen and oxygen atoms in total. The van der Waals surface area contributed by atoms with Crippen LogP contribution in [0, 0.1) is 0 Å². The molecule has 7 heteroatoms. The van der Waals surface area contributed by atoms with Crippen molar-refractivity contribution in [2.24, 2.45) is 5.10 Å². The molecule has 0 bridgehead atoms. The molecular formula is C21H21N3O4. The van der Waals surface area contributed by atoms with Gasteiger partial charge in [-0.2, -0.15) is 5.10 Å². The standard InChI is InChI=1S/C21H21N3O4/c1-2-27-21(26)19-17(14-28-20(19)22-16-11-7-4-8-12-16)23-24-18(25)13-15-9-5-3-6-10-15/h3-12,22H,2,13-14H2,1H3,(H,24,25)/b23-17-. The highest BCUT2D eigenvalue weighted by Crippen LogP contribution is 2.21. The van der Waals surface area contributed by atoms with Gasteiger partial charge in [0.2, 0.25) is 11.8 Å². The van der Waals surface area contributed by atoms with Crippen molar-refractivity contribution in [1.29, 1.82) is 0 Å². The minimum Gasteiger partial charge on any atom is -0.472 e. The van der Waals surface area contributed by atoms with E-state index in [1.54, 1.807) is 6.92 Å². The van der Waals surface area contributed by atoms with Gasteiger partial charge in [-0.1, -0.05) is 48.5 Å². The van der Waals surface area contributed by atoms with Crippen LogP contribution in [0.1, 0.15) is 12.5 Å². The van der Waals surface area contributed by atoms with E-state index in [9.17, 15) is 9.59 Å². The molecule has 0 aromatic heterocycles. The first-order valence-electron chi connectivity index (χ1n) is 8.93. The van der Waals surface area contributed by atoms with E-state index in [2.05, 4.69) is 15.8 Å². The Morgan fingerprint density at radius 3 is 2.43 bits per heavy atom. The van der Waals surface area contributed by atoms with Crippen LogP contribution in [0.15, 0.2) is 77.2 Å². The summed E-state index contributed by atoms with van der Waals surface area (Å²) in [5.41, 5.74) is 4.59. The highest BCUT2D eigenvalue weighted by atomic mass is 16.5. The van der Waals surface area contributed by atoms with E-state index < -0.39 is 5.97 Å². The van der Waals surface area contributed by atoms with Gasteiger partial charge in [0.05, 0.1) is 13.0 Å². The van der Waals surface area contributed by atoms with E-state index in [1.165, 1.54) is 0 Å². The zero-order valence-corrected chi connectivity index (χ0v) is 15.5. The summed E-state index contributed by atoms with van der Waals surface area (Å²) in [7, 11) is 0. The van der Waals surface area contributed by atoms with Crippen LogP contribution in [0.4, 0.5) is 5.69 Å². The Hall–Kier alpha value is -3.61. The maximum atomic E-state index is 12.4. The van der Waals surface area contributed by atoms with Crippen molar-refractivity contribution >= 4 is 23.3 Å². The van der Waals surface area contributed by atoms with Gasteiger partial charge in [-0.25, -0.2) is 10.2 Å². The third-order valence-electron chi connectivity index (χ3n) is 3.90. The second-order valence-corrected chi connectivity index (χ2v) is 5.96. The van der Waals surface area contributed by atoms with E-state index in [1.807, 2.05) is 60.7 Å². The van der Waals surface area contributed by atoms with Gasteiger partial charge in [0.25, 0.3) is 0 Å². The maximum absolute atomic E-state index is 12.4. The molecule has 0 radical (unpaired) electrons. The smallest absolute Gasteiger partial charge is 0.345 e. The van der Waals surface area contributed by atoms with Crippen LogP contribution in [0.2, 0.25) is 0 Å². The van der Waals surface area contributed by atoms with Crippen LogP contribution in [0.25, 0.3) is 0 Å². The molecule has 3 rings (SSSR count). The number of hydrogen-bond acceptors (Lipinski definition) is 6. The Bertz CT molecular complexity index is 892. The molecule has 0 fully saturated rings. The van der Waals surface area contributed by atoms with Crippen molar-refractivity contribution in [2.75, 3.05) is 18.5 Å². The van der Waals surface area contributed by atoms with Gasteiger partial charge >= 0.3 is 5.97 Å². The molecule has 1 heterocycles. The van der Waals surface area contributed by atoms with Crippen molar-refractivity contribution < 1.29 is 19.1 Å². The third-order valence-corrected chi connectivity index (χ3v) is 3.90. The van der Waals surface area contributed by atoms with Gasteiger partial charge in [-0.05, 0) is 24.6 Å². The molecular weight excluding hydrogens is 358 g/mol. The Balaban J connectivity index is 1.75. The number of benzene rings is 2. The Morgan fingerprint density at radius 2 is 1.75 bits per heavy atom. The normalized spacial score (nSPS) is 14.5. The molecule has 2 N–H and O–H groups in total. The van der Waals surface area contributed by atoms with Crippen molar-refractivity contribution in [1.82, 2.24) is 5.43 Å². The molecule has 0 saturated carbocycles. The maximum Gasteiger partial charge on any atom is 0.345 e. The van der Waals surface area contributed by atoms with Gasteiger partial charge in [0.15, 0.2) is 0 Å². The number of anilines is 1. The summed E-state index contributed by atoms with van der Waals surface area (Å²) in [5, 5.41) is 7.14. The van der Waals surface area contributed by atoms with Gasteiger partial charge in [0, 0.05) is 5.69 Å². The molecule has 2 aromatic rings. The summed E-state index contributed by atoms with van der Waals surface area (Å²) in [5.74, 6) is -0.596. The van der Waals surface area contributed by atoms with E-state index in [0.29, 0.717) is 5.71 Å². The summed E-state index contributed by atoms with van der Waals surface area (Å²) >= 11 is 0. The quantitative estimate of drug-likeness (QED) is 0.570. The van der Waals surface area contributed by atoms with Crippen molar-refractivity contribution in [3.63, 3.8) is 0 Å². The average Bonchev–Trinajstić information content (AvgIpc) is 3.10. The first-order valence-corrected chi connectivity index (χ1v) is 8.93. The lowest BCUT2D eigenvalue weighted by Crippen LogP contribution is -2.24. The third kappa shape index (κ3) is 4.97. The van der Waals surface area contributed by atoms with Crippen LogP contribution in [-0.2, 0) is 25.5 Å². The number of carbonyl (C=O) groups is 2. The van der Waals surface area contributed by atoms with Gasteiger partial charge in [-0.15, -0.1) is 0 Å². The lowest BCUT2D eigenvalue weighted by atomic mass is 10.1. The van der Waals surface area contributed by atoms with Gasteiger partial charge in [-0.3, -0.25) is 4.79 Å². The summed E-state index contributed by atoms with van der Waals surface area (Å²) in [6.45, 7) is 1.99. The number of hydrogen-bond donors (Lipinski definition) is 2. The van der Waals surface area contributed by atoms with Crippen LogP contribution >= 0.6 is 0 Å². The predicted molar refractivity (Wildman–Crippen MR) is 105 cm³/mol. The van der Waals surface area contributed by atoms with Crippen LogP contribution in [-0.4, -0.2) is 30.8 Å². The van der Waals surface area contributed by atoms with E-state index in [0.717, 1.165) is 11.3 Å². The minimum atomic E-state index is -0.561. The number of nitrogens with one attached hydrogen (secondary N) is 2. The van der Waals surface area contributed by atoms with Gasteiger partial charge < -0.3 is 14.8 Å². The number of hydrazone groups is 1. The molecule has 1 amide bonds. The first-order chi connectivity index (χ1) is 13.7. The lowest BCUT2D eigenvalue weighted by molar-refractivity contribution is -0.138. The first kappa shape index (κ1) is 19.2. The highest BCUT2D eigenvalue weighted by Gasteiger charge is 2.31.